The van der Waals surface area contributed by atoms with Crippen LogP contribution in [0.4, 0.5) is 0 Å². The smallest absolute Gasteiger partial charge is 0.267 e. The van der Waals surface area contributed by atoms with Crippen LogP contribution in [-0.2, 0) is 13.0 Å². The number of carbonyl (C=O) groups is 1. The van der Waals surface area contributed by atoms with E-state index >= 15 is 0 Å². The summed E-state index contributed by atoms with van der Waals surface area (Å²) in [5.74, 6) is 0.597. The van der Waals surface area contributed by atoms with Crippen molar-refractivity contribution in [2.45, 2.75) is 51.4 Å². The maximum absolute atomic E-state index is 12.4. The van der Waals surface area contributed by atoms with E-state index in [2.05, 4.69) is 34.7 Å². The zero-order valence-electron chi connectivity index (χ0n) is 19.0. The molecule has 1 heterocycles. The van der Waals surface area contributed by atoms with Gasteiger partial charge in [0, 0.05) is 35.6 Å². The van der Waals surface area contributed by atoms with Crippen molar-refractivity contribution in [1.82, 2.24) is 15.6 Å². The standard InChI is InChI=1S/C26H33N3O4/c1-16(27-14-25(32)19-6-8-24(31)21(11-19)15-30)9-18-5-7-22-20(10-18)12-23(29-22)26(33)28-13-17-3-2-4-17/h5-8,10-12,16-17,25,27,29-32H,2-4,9,13-15H2,1H3,(H,28,33). The largest absolute Gasteiger partial charge is 0.508 e. The number of aromatic nitrogens is 1. The summed E-state index contributed by atoms with van der Waals surface area (Å²) in [4.78, 5) is 15.7. The van der Waals surface area contributed by atoms with E-state index in [9.17, 15) is 20.1 Å². The van der Waals surface area contributed by atoms with Crippen LogP contribution in [0.15, 0.2) is 42.5 Å². The molecule has 2 atom stereocenters. The third kappa shape index (κ3) is 5.74. The zero-order chi connectivity index (χ0) is 23.4. The third-order valence-electron chi connectivity index (χ3n) is 6.57. The molecule has 4 rings (SSSR count). The van der Waals surface area contributed by atoms with E-state index < -0.39 is 6.10 Å². The molecule has 3 aromatic rings. The number of rotatable bonds is 10. The van der Waals surface area contributed by atoms with Gasteiger partial charge in [-0.05, 0) is 73.6 Å². The highest BCUT2D eigenvalue weighted by molar-refractivity contribution is 5.98. The first kappa shape index (κ1) is 23.3. The molecule has 7 heteroatoms. The maximum atomic E-state index is 12.4. The normalized spacial score (nSPS) is 15.8. The average molecular weight is 452 g/mol. The van der Waals surface area contributed by atoms with Crippen LogP contribution in [-0.4, -0.2) is 45.3 Å². The monoisotopic (exact) mass is 451 g/mol. The van der Waals surface area contributed by atoms with E-state index in [1.165, 1.54) is 25.3 Å². The molecule has 1 saturated carbocycles. The Kier molecular flexibility index (Phi) is 7.33. The van der Waals surface area contributed by atoms with E-state index in [1.807, 2.05) is 12.1 Å². The summed E-state index contributed by atoms with van der Waals surface area (Å²) in [5.41, 5.74) is 3.72. The molecule has 1 aliphatic carbocycles. The Balaban J connectivity index is 1.31. The van der Waals surface area contributed by atoms with Gasteiger partial charge in [-0.15, -0.1) is 0 Å². The van der Waals surface area contributed by atoms with E-state index in [-0.39, 0.29) is 24.3 Å². The van der Waals surface area contributed by atoms with Crippen molar-refractivity contribution in [3.8, 4) is 5.75 Å². The first-order chi connectivity index (χ1) is 15.9. The van der Waals surface area contributed by atoms with Gasteiger partial charge in [-0.25, -0.2) is 0 Å². The van der Waals surface area contributed by atoms with E-state index in [1.54, 1.807) is 12.1 Å². The number of hydrogen-bond donors (Lipinski definition) is 6. The molecule has 2 unspecified atom stereocenters. The summed E-state index contributed by atoms with van der Waals surface area (Å²) < 4.78 is 0. The summed E-state index contributed by atoms with van der Waals surface area (Å²) in [6.45, 7) is 2.89. The number of nitrogens with one attached hydrogen (secondary N) is 3. The Labute approximate surface area is 193 Å². The molecule has 1 amide bonds. The molecule has 2 aromatic carbocycles. The SMILES string of the molecule is CC(Cc1ccc2[nH]c(C(=O)NCC3CCC3)cc2c1)NCC(O)c1ccc(O)c(CO)c1. The third-order valence-corrected chi connectivity index (χ3v) is 6.57. The van der Waals surface area contributed by atoms with Crippen LogP contribution in [0.1, 0.15) is 59.5 Å². The number of aromatic hydroxyl groups is 1. The molecule has 0 radical (unpaired) electrons. The quantitative estimate of drug-likeness (QED) is 0.283. The number of fused-ring (bicyclic) bond motifs is 1. The lowest BCUT2D eigenvalue weighted by Gasteiger charge is -2.25. The molecular weight excluding hydrogens is 418 g/mol. The number of aliphatic hydroxyl groups is 2. The average Bonchev–Trinajstić information content (AvgIpc) is 3.20. The van der Waals surface area contributed by atoms with Crippen molar-refractivity contribution < 1.29 is 20.1 Å². The van der Waals surface area contributed by atoms with E-state index in [0.29, 0.717) is 29.3 Å². The lowest BCUT2D eigenvalue weighted by molar-refractivity contribution is 0.0935. The number of aliphatic hydroxyl groups excluding tert-OH is 2. The fourth-order valence-corrected chi connectivity index (χ4v) is 4.26. The van der Waals surface area contributed by atoms with Gasteiger partial charge < -0.3 is 30.9 Å². The van der Waals surface area contributed by atoms with Gasteiger partial charge in [0.25, 0.3) is 5.91 Å². The molecule has 7 nitrogen and oxygen atoms in total. The van der Waals surface area contributed by atoms with Gasteiger partial charge in [-0.1, -0.05) is 18.6 Å². The Morgan fingerprint density at radius 1 is 1.18 bits per heavy atom. The van der Waals surface area contributed by atoms with Crippen molar-refractivity contribution in [2.75, 3.05) is 13.1 Å². The van der Waals surface area contributed by atoms with Crippen molar-refractivity contribution in [3.63, 3.8) is 0 Å². The van der Waals surface area contributed by atoms with Crippen LogP contribution in [0.2, 0.25) is 0 Å². The Bertz CT molecular complexity index is 1110. The molecule has 1 aromatic heterocycles. The van der Waals surface area contributed by atoms with Gasteiger partial charge in [-0.2, -0.15) is 0 Å². The second-order valence-corrected chi connectivity index (χ2v) is 9.19. The number of hydrogen-bond acceptors (Lipinski definition) is 5. The molecule has 0 spiro atoms. The number of carbonyl (C=O) groups excluding carboxylic acids is 1. The number of H-pyrrole nitrogens is 1. The Morgan fingerprint density at radius 3 is 2.73 bits per heavy atom. The summed E-state index contributed by atoms with van der Waals surface area (Å²) in [6.07, 6.45) is 3.71. The van der Waals surface area contributed by atoms with Gasteiger partial charge in [0.1, 0.15) is 11.4 Å². The molecule has 176 valence electrons. The number of amides is 1. The molecule has 33 heavy (non-hydrogen) atoms. The molecule has 6 N–H and O–H groups in total. The summed E-state index contributed by atoms with van der Waals surface area (Å²) in [6, 6.07) is 12.9. The van der Waals surface area contributed by atoms with Crippen molar-refractivity contribution in [3.05, 3.63) is 64.8 Å². The second kappa shape index (κ2) is 10.4. The maximum Gasteiger partial charge on any atom is 0.267 e. The minimum Gasteiger partial charge on any atom is -0.508 e. The van der Waals surface area contributed by atoms with E-state index in [0.717, 1.165) is 29.4 Å². The lowest BCUT2D eigenvalue weighted by Crippen LogP contribution is -2.32. The molecule has 0 saturated heterocycles. The zero-order valence-corrected chi connectivity index (χ0v) is 19.0. The summed E-state index contributed by atoms with van der Waals surface area (Å²) in [5, 5.41) is 36.8. The summed E-state index contributed by atoms with van der Waals surface area (Å²) >= 11 is 0. The highest BCUT2D eigenvalue weighted by Crippen LogP contribution is 2.25. The van der Waals surface area contributed by atoms with Crippen LogP contribution >= 0.6 is 0 Å². The first-order valence-corrected chi connectivity index (χ1v) is 11.7. The Morgan fingerprint density at radius 2 is 2.00 bits per heavy atom. The van der Waals surface area contributed by atoms with Gasteiger partial charge in [0.2, 0.25) is 0 Å². The van der Waals surface area contributed by atoms with Crippen LogP contribution in [0.25, 0.3) is 10.9 Å². The molecule has 1 aliphatic rings. The second-order valence-electron chi connectivity index (χ2n) is 9.19. The molecule has 0 aliphatic heterocycles. The number of phenols is 1. The topological polar surface area (TPSA) is 118 Å². The van der Waals surface area contributed by atoms with Crippen LogP contribution in [0.3, 0.4) is 0 Å². The molecular formula is C26H33N3O4. The van der Waals surface area contributed by atoms with Gasteiger partial charge in [-0.3, -0.25) is 4.79 Å². The van der Waals surface area contributed by atoms with Gasteiger partial charge in [0.15, 0.2) is 0 Å². The first-order valence-electron chi connectivity index (χ1n) is 11.7. The van der Waals surface area contributed by atoms with Crippen molar-refractivity contribution in [2.24, 2.45) is 5.92 Å². The molecule has 0 bridgehead atoms. The highest BCUT2D eigenvalue weighted by Gasteiger charge is 2.19. The van der Waals surface area contributed by atoms with Crippen LogP contribution in [0, 0.1) is 5.92 Å². The predicted molar refractivity (Wildman–Crippen MR) is 128 cm³/mol. The minimum absolute atomic E-state index is 0.0222. The lowest BCUT2D eigenvalue weighted by atomic mass is 9.85. The van der Waals surface area contributed by atoms with Crippen molar-refractivity contribution in [1.29, 1.82) is 0 Å². The van der Waals surface area contributed by atoms with Crippen LogP contribution < -0.4 is 10.6 Å². The Hall–Kier alpha value is -2.87. The van der Waals surface area contributed by atoms with Gasteiger partial charge in [0.05, 0.1) is 12.7 Å². The van der Waals surface area contributed by atoms with Crippen molar-refractivity contribution >= 4 is 16.8 Å². The fraction of sp³-hybridized carbons (Fsp3) is 0.423. The highest BCUT2D eigenvalue weighted by atomic mass is 16.3. The predicted octanol–water partition coefficient (Wildman–Crippen LogP) is 3.15. The minimum atomic E-state index is -0.744. The number of benzene rings is 2. The fourth-order valence-electron chi connectivity index (χ4n) is 4.26. The van der Waals surface area contributed by atoms with Gasteiger partial charge >= 0.3 is 0 Å². The summed E-state index contributed by atoms with van der Waals surface area (Å²) in [7, 11) is 0. The van der Waals surface area contributed by atoms with Crippen LogP contribution in [0.5, 0.6) is 5.75 Å². The number of aromatic amines is 1. The molecule has 1 fully saturated rings. The van der Waals surface area contributed by atoms with E-state index in [4.69, 9.17) is 0 Å².